The Morgan fingerprint density at radius 2 is 1.69 bits per heavy atom. The number of benzene rings is 2. The average molecular weight is 408 g/mol. The molecular weight excluding hydrogens is 385 g/mol. The highest BCUT2D eigenvalue weighted by Gasteiger charge is 2.31. The van der Waals surface area contributed by atoms with E-state index in [0.29, 0.717) is 24.2 Å². The molecule has 8 heteroatoms. The topological polar surface area (TPSA) is 58.6 Å². The first-order chi connectivity index (χ1) is 13.7. The van der Waals surface area contributed by atoms with Crippen molar-refractivity contribution >= 4 is 17.5 Å². The smallest absolute Gasteiger partial charge is 0.406 e. The number of halogens is 3. The highest BCUT2D eigenvalue weighted by atomic mass is 19.4. The minimum atomic E-state index is -4.77. The summed E-state index contributed by atoms with van der Waals surface area (Å²) in [5.74, 6) is -0.950. The summed E-state index contributed by atoms with van der Waals surface area (Å²) in [5.41, 5.74) is 1.16. The molecule has 29 heavy (non-hydrogen) atoms. The molecule has 2 aromatic carbocycles. The molecule has 0 aliphatic heterocycles. The molecule has 0 aliphatic rings. The molecule has 2 rings (SSSR count). The van der Waals surface area contributed by atoms with Gasteiger partial charge in [-0.3, -0.25) is 9.59 Å². The first-order valence-electron chi connectivity index (χ1n) is 9.19. The monoisotopic (exact) mass is 408 g/mol. The number of amides is 2. The number of ether oxygens (including phenoxy) is 1. The van der Waals surface area contributed by atoms with Crippen molar-refractivity contribution in [3.8, 4) is 5.75 Å². The molecule has 0 radical (unpaired) electrons. The average Bonchev–Trinajstić information content (AvgIpc) is 2.66. The number of alkyl halides is 3. The molecule has 0 aliphatic carbocycles. The molecule has 1 unspecified atom stereocenters. The Morgan fingerprint density at radius 3 is 2.24 bits per heavy atom. The molecule has 0 fully saturated rings. The predicted octanol–water partition coefficient (Wildman–Crippen LogP) is 4.39. The van der Waals surface area contributed by atoms with Crippen molar-refractivity contribution in [3.05, 3.63) is 60.2 Å². The summed E-state index contributed by atoms with van der Waals surface area (Å²) in [6.07, 6.45) is -4.14. The van der Waals surface area contributed by atoms with Crippen molar-refractivity contribution in [1.82, 2.24) is 4.90 Å². The van der Waals surface area contributed by atoms with Gasteiger partial charge in [-0.1, -0.05) is 37.3 Å². The zero-order valence-corrected chi connectivity index (χ0v) is 16.2. The maximum atomic E-state index is 12.7. The van der Waals surface area contributed by atoms with Crippen LogP contribution in [0.15, 0.2) is 54.6 Å². The van der Waals surface area contributed by atoms with Gasteiger partial charge in [-0.2, -0.15) is 0 Å². The van der Waals surface area contributed by atoms with Crippen molar-refractivity contribution in [2.45, 2.75) is 39.1 Å². The minimum absolute atomic E-state index is 0.0325. The lowest BCUT2D eigenvalue weighted by molar-refractivity contribution is -0.274. The zero-order chi connectivity index (χ0) is 21.4. The van der Waals surface area contributed by atoms with Gasteiger partial charge in [-0.25, -0.2) is 0 Å². The number of rotatable bonds is 8. The molecule has 0 aromatic heterocycles. The Balaban J connectivity index is 2.03. The molecule has 1 N–H and O–H groups in total. The third-order valence-corrected chi connectivity index (χ3v) is 4.19. The number of anilines is 1. The van der Waals surface area contributed by atoms with Crippen LogP contribution in [0.1, 0.15) is 25.8 Å². The van der Waals surface area contributed by atoms with Gasteiger partial charge in [0.2, 0.25) is 11.8 Å². The van der Waals surface area contributed by atoms with Crippen molar-refractivity contribution < 1.29 is 27.5 Å². The molecular formula is C21H23F3N2O3. The van der Waals surface area contributed by atoms with Gasteiger partial charge in [0.15, 0.2) is 0 Å². The molecule has 0 saturated heterocycles. The van der Waals surface area contributed by atoms with E-state index in [1.807, 2.05) is 13.0 Å². The number of carbonyl (C=O) groups is 2. The van der Waals surface area contributed by atoms with Gasteiger partial charge >= 0.3 is 6.36 Å². The number of carbonyl (C=O) groups excluding carboxylic acids is 2. The van der Waals surface area contributed by atoms with E-state index in [9.17, 15) is 22.8 Å². The highest BCUT2D eigenvalue weighted by Crippen LogP contribution is 2.23. The molecule has 0 saturated carbocycles. The van der Waals surface area contributed by atoms with E-state index < -0.39 is 12.4 Å². The van der Waals surface area contributed by atoms with Crippen LogP contribution in [0.2, 0.25) is 0 Å². The number of para-hydroxylation sites is 1. The van der Waals surface area contributed by atoms with E-state index in [-0.39, 0.29) is 24.0 Å². The summed E-state index contributed by atoms with van der Waals surface area (Å²) < 4.78 is 40.6. The molecule has 0 bridgehead atoms. The van der Waals surface area contributed by atoms with E-state index in [2.05, 4.69) is 10.1 Å². The first-order valence-corrected chi connectivity index (χ1v) is 9.19. The second kappa shape index (κ2) is 9.95. The molecule has 5 nitrogen and oxygen atoms in total. The van der Waals surface area contributed by atoms with Crippen molar-refractivity contribution in [3.63, 3.8) is 0 Å². The third-order valence-electron chi connectivity index (χ3n) is 4.19. The van der Waals surface area contributed by atoms with Crippen LogP contribution < -0.4 is 10.1 Å². The summed E-state index contributed by atoms with van der Waals surface area (Å²) in [7, 11) is 0. The van der Waals surface area contributed by atoms with E-state index >= 15 is 0 Å². The lowest BCUT2D eigenvalue weighted by Gasteiger charge is -2.28. The summed E-state index contributed by atoms with van der Waals surface area (Å²) in [6.45, 7) is 3.93. The predicted molar refractivity (Wildman–Crippen MR) is 103 cm³/mol. The Kier molecular flexibility index (Phi) is 7.64. The van der Waals surface area contributed by atoms with Gasteiger partial charge in [-0.15, -0.1) is 13.2 Å². The van der Waals surface area contributed by atoms with Crippen LogP contribution in [0.25, 0.3) is 0 Å². The SMILES string of the molecule is CCCN(C(=O)Cc1ccc(OC(F)(F)F)cc1)C(C)C(=O)Nc1ccccc1. The number of nitrogens with zero attached hydrogens (tertiary/aromatic N) is 1. The van der Waals surface area contributed by atoms with E-state index in [4.69, 9.17) is 0 Å². The first kappa shape index (κ1) is 22.3. The Hall–Kier alpha value is -3.03. The second-order valence-corrected chi connectivity index (χ2v) is 6.49. The lowest BCUT2D eigenvalue weighted by Crippen LogP contribution is -2.46. The van der Waals surface area contributed by atoms with Gasteiger partial charge < -0.3 is 15.0 Å². The van der Waals surface area contributed by atoms with Crippen LogP contribution in [-0.2, 0) is 16.0 Å². The van der Waals surface area contributed by atoms with Crippen LogP contribution in [0, 0.1) is 0 Å². The summed E-state index contributed by atoms with van der Waals surface area (Å²) in [6, 6.07) is 13.3. The summed E-state index contributed by atoms with van der Waals surface area (Å²) in [4.78, 5) is 26.8. The highest BCUT2D eigenvalue weighted by molar-refractivity contribution is 5.97. The van der Waals surface area contributed by atoms with Gasteiger partial charge in [0.1, 0.15) is 11.8 Å². The molecule has 0 heterocycles. The molecule has 2 amide bonds. The Labute approximate surface area is 167 Å². The largest absolute Gasteiger partial charge is 0.573 e. The van der Waals surface area contributed by atoms with Crippen LogP contribution in [0.3, 0.4) is 0 Å². The van der Waals surface area contributed by atoms with Gasteiger partial charge in [-0.05, 0) is 43.2 Å². The minimum Gasteiger partial charge on any atom is -0.406 e. The fourth-order valence-corrected chi connectivity index (χ4v) is 2.77. The van der Waals surface area contributed by atoms with Crippen LogP contribution >= 0.6 is 0 Å². The van der Waals surface area contributed by atoms with Crippen molar-refractivity contribution in [1.29, 1.82) is 0 Å². The van der Waals surface area contributed by atoms with Crippen LogP contribution in [0.4, 0.5) is 18.9 Å². The maximum absolute atomic E-state index is 12.7. The van der Waals surface area contributed by atoms with Crippen molar-refractivity contribution in [2.75, 3.05) is 11.9 Å². The molecule has 156 valence electrons. The van der Waals surface area contributed by atoms with Gasteiger partial charge in [0.05, 0.1) is 6.42 Å². The van der Waals surface area contributed by atoms with Crippen LogP contribution in [0.5, 0.6) is 5.75 Å². The Morgan fingerprint density at radius 1 is 1.07 bits per heavy atom. The standard InChI is InChI=1S/C21H23F3N2O3/c1-3-13-26(15(2)20(28)25-17-7-5-4-6-8-17)19(27)14-16-9-11-18(12-10-16)29-21(22,23)24/h4-12,15H,3,13-14H2,1-2H3,(H,25,28). The third kappa shape index (κ3) is 7.14. The normalized spacial score (nSPS) is 12.2. The van der Waals surface area contributed by atoms with E-state index in [1.165, 1.54) is 17.0 Å². The summed E-state index contributed by atoms with van der Waals surface area (Å²) >= 11 is 0. The molecule has 1 atom stereocenters. The fraction of sp³-hybridized carbons (Fsp3) is 0.333. The van der Waals surface area contributed by atoms with Gasteiger partial charge in [0, 0.05) is 12.2 Å². The van der Waals surface area contributed by atoms with Gasteiger partial charge in [0.25, 0.3) is 0 Å². The Bertz CT molecular complexity index is 808. The number of hydrogen-bond acceptors (Lipinski definition) is 3. The number of nitrogens with one attached hydrogen (secondary N) is 1. The van der Waals surface area contributed by atoms with Crippen LogP contribution in [-0.4, -0.2) is 35.7 Å². The van der Waals surface area contributed by atoms with Crippen molar-refractivity contribution in [2.24, 2.45) is 0 Å². The maximum Gasteiger partial charge on any atom is 0.573 e. The molecule has 0 spiro atoms. The zero-order valence-electron chi connectivity index (χ0n) is 16.2. The lowest BCUT2D eigenvalue weighted by atomic mass is 10.1. The quantitative estimate of drug-likeness (QED) is 0.705. The number of hydrogen-bond donors (Lipinski definition) is 1. The summed E-state index contributed by atoms with van der Waals surface area (Å²) in [5, 5.41) is 2.77. The van der Waals surface area contributed by atoms with E-state index in [1.54, 1.807) is 31.2 Å². The van der Waals surface area contributed by atoms with E-state index in [0.717, 1.165) is 12.1 Å². The fourth-order valence-electron chi connectivity index (χ4n) is 2.77. The second-order valence-electron chi connectivity index (χ2n) is 6.49. The molecule has 2 aromatic rings.